The number of nitrogens with zero attached hydrogens (tertiary/aromatic N) is 2. The maximum atomic E-state index is 13.6. The molecule has 0 aliphatic carbocycles. The van der Waals surface area contributed by atoms with E-state index in [1.165, 1.54) is 42.5 Å². The number of halogens is 2. The van der Waals surface area contributed by atoms with Crippen LogP contribution in [0, 0.1) is 11.6 Å². The topological polar surface area (TPSA) is 67.2 Å². The summed E-state index contributed by atoms with van der Waals surface area (Å²) in [5.74, 6) is -0.451. The van der Waals surface area contributed by atoms with Gasteiger partial charge in [0.1, 0.15) is 17.5 Å². The van der Waals surface area contributed by atoms with Crippen LogP contribution in [0.15, 0.2) is 42.5 Å². The standard InChI is InChI=1S/C16H13F2N3O2/c1-9(19-16(22)23)15-20-13-7-4-11(18)8-14(13)21(15)12-5-2-10(17)3-6-12/h2-9,19H,1H3,(H,22,23). The van der Waals surface area contributed by atoms with Crippen molar-refractivity contribution in [2.45, 2.75) is 13.0 Å². The van der Waals surface area contributed by atoms with Gasteiger partial charge in [0.25, 0.3) is 0 Å². The Kier molecular flexibility index (Phi) is 3.69. The summed E-state index contributed by atoms with van der Waals surface area (Å²) >= 11 is 0. The minimum atomic E-state index is -1.19. The fraction of sp³-hybridized carbons (Fsp3) is 0.125. The minimum absolute atomic E-state index is 0.389. The van der Waals surface area contributed by atoms with Crippen molar-refractivity contribution in [2.75, 3.05) is 0 Å². The molecule has 1 atom stereocenters. The van der Waals surface area contributed by atoms with Gasteiger partial charge in [0, 0.05) is 11.8 Å². The number of hydrogen-bond donors (Lipinski definition) is 2. The van der Waals surface area contributed by atoms with E-state index in [1.54, 1.807) is 11.5 Å². The molecular formula is C16H13F2N3O2. The highest BCUT2D eigenvalue weighted by Gasteiger charge is 2.19. The molecule has 2 N–H and O–H groups in total. The largest absolute Gasteiger partial charge is 0.465 e. The van der Waals surface area contributed by atoms with E-state index in [1.807, 2.05) is 0 Å². The van der Waals surface area contributed by atoms with Gasteiger partial charge in [-0.2, -0.15) is 0 Å². The minimum Gasteiger partial charge on any atom is -0.465 e. The first-order valence-corrected chi connectivity index (χ1v) is 6.89. The Labute approximate surface area is 130 Å². The molecular weight excluding hydrogens is 304 g/mol. The molecule has 0 fully saturated rings. The molecule has 0 bridgehead atoms. The summed E-state index contributed by atoms with van der Waals surface area (Å²) in [5, 5.41) is 11.2. The Hall–Kier alpha value is -2.96. The SMILES string of the molecule is CC(NC(=O)O)c1nc2ccc(F)cc2n1-c1ccc(F)cc1. The monoisotopic (exact) mass is 317 g/mol. The average Bonchev–Trinajstić information content (AvgIpc) is 2.86. The molecule has 118 valence electrons. The van der Waals surface area contributed by atoms with E-state index in [-0.39, 0.29) is 0 Å². The molecule has 1 amide bonds. The number of imidazole rings is 1. The molecule has 3 aromatic rings. The van der Waals surface area contributed by atoms with Gasteiger partial charge in [-0.25, -0.2) is 18.6 Å². The lowest BCUT2D eigenvalue weighted by atomic mass is 10.2. The van der Waals surface area contributed by atoms with Crippen LogP contribution in [0.4, 0.5) is 13.6 Å². The molecule has 2 aromatic carbocycles. The van der Waals surface area contributed by atoms with Gasteiger partial charge < -0.3 is 10.4 Å². The first-order chi connectivity index (χ1) is 11.0. The van der Waals surface area contributed by atoms with Crippen molar-refractivity contribution in [1.29, 1.82) is 0 Å². The molecule has 0 aliphatic rings. The molecule has 5 nitrogen and oxygen atoms in total. The van der Waals surface area contributed by atoms with Gasteiger partial charge in [0.05, 0.1) is 17.1 Å². The van der Waals surface area contributed by atoms with Crippen molar-refractivity contribution in [1.82, 2.24) is 14.9 Å². The van der Waals surface area contributed by atoms with Crippen LogP contribution < -0.4 is 5.32 Å². The third kappa shape index (κ3) is 2.85. The van der Waals surface area contributed by atoms with Crippen LogP contribution in [0.3, 0.4) is 0 Å². The van der Waals surface area contributed by atoms with E-state index in [0.717, 1.165) is 0 Å². The second-order valence-electron chi connectivity index (χ2n) is 5.09. The average molecular weight is 317 g/mol. The predicted octanol–water partition coefficient (Wildman–Crippen LogP) is 3.63. The lowest BCUT2D eigenvalue weighted by Crippen LogP contribution is -2.26. The Balaban J connectivity index is 2.24. The summed E-state index contributed by atoms with van der Waals surface area (Å²) in [6.07, 6.45) is -1.19. The Bertz CT molecular complexity index is 875. The fourth-order valence-corrected chi connectivity index (χ4v) is 2.47. The Morgan fingerprint density at radius 3 is 2.48 bits per heavy atom. The number of carboxylic acid groups (broad SMARTS) is 1. The quantitative estimate of drug-likeness (QED) is 0.775. The zero-order chi connectivity index (χ0) is 16.6. The summed E-state index contributed by atoms with van der Waals surface area (Å²) < 4.78 is 28.4. The fourth-order valence-electron chi connectivity index (χ4n) is 2.47. The van der Waals surface area contributed by atoms with Gasteiger partial charge in [-0.15, -0.1) is 0 Å². The molecule has 1 aromatic heterocycles. The number of aromatic nitrogens is 2. The van der Waals surface area contributed by atoms with Crippen LogP contribution in [-0.2, 0) is 0 Å². The number of nitrogens with one attached hydrogen (secondary N) is 1. The van der Waals surface area contributed by atoms with Gasteiger partial charge in [0.2, 0.25) is 0 Å². The van der Waals surface area contributed by atoms with Crippen LogP contribution in [0.5, 0.6) is 0 Å². The van der Waals surface area contributed by atoms with Crippen molar-refractivity contribution in [3.8, 4) is 5.69 Å². The number of rotatable bonds is 3. The van der Waals surface area contributed by atoms with Gasteiger partial charge in [-0.05, 0) is 43.3 Å². The number of benzene rings is 2. The molecule has 1 heterocycles. The van der Waals surface area contributed by atoms with Crippen LogP contribution in [0.2, 0.25) is 0 Å². The highest BCUT2D eigenvalue weighted by molar-refractivity contribution is 5.78. The van der Waals surface area contributed by atoms with E-state index in [9.17, 15) is 13.6 Å². The molecule has 0 saturated carbocycles. The van der Waals surface area contributed by atoms with E-state index >= 15 is 0 Å². The third-order valence-electron chi connectivity index (χ3n) is 3.45. The van der Waals surface area contributed by atoms with Crippen molar-refractivity contribution in [3.63, 3.8) is 0 Å². The molecule has 23 heavy (non-hydrogen) atoms. The van der Waals surface area contributed by atoms with E-state index in [4.69, 9.17) is 5.11 Å². The Morgan fingerprint density at radius 2 is 1.83 bits per heavy atom. The maximum Gasteiger partial charge on any atom is 0.405 e. The zero-order valence-corrected chi connectivity index (χ0v) is 12.1. The maximum absolute atomic E-state index is 13.6. The summed E-state index contributed by atoms with van der Waals surface area (Å²) in [7, 11) is 0. The van der Waals surface area contributed by atoms with Crippen LogP contribution in [0.25, 0.3) is 16.7 Å². The van der Waals surface area contributed by atoms with Gasteiger partial charge in [-0.3, -0.25) is 4.57 Å². The summed E-state index contributed by atoms with van der Waals surface area (Å²) in [6, 6.07) is 9.08. The van der Waals surface area contributed by atoms with Crippen molar-refractivity contribution in [3.05, 3.63) is 59.9 Å². The Morgan fingerprint density at radius 1 is 1.17 bits per heavy atom. The molecule has 0 radical (unpaired) electrons. The number of hydrogen-bond acceptors (Lipinski definition) is 2. The summed E-state index contributed by atoms with van der Waals surface area (Å²) in [5.41, 5.74) is 1.56. The van der Waals surface area contributed by atoms with Gasteiger partial charge in [-0.1, -0.05) is 0 Å². The summed E-state index contributed by atoms with van der Waals surface area (Å²) in [4.78, 5) is 15.3. The lowest BCUT2D eigenvalue weighted by molar-refractivity contribution is 0.190. The first-order valence-electron chi connectivity index (χ1n) is 6.89. The molecule has 0 aliphatic heterocycles. The number of carbonyl (C=O) groups is 1. The van der Waals surface area contributed by atoms with Crippen LogP contribution in [0.1, 0.15) is 18.8 Å². The van der Waals surface area contributed by atoms with Gasteiger partial charge in [0.15, 0.2) is 0 Å². The van der Waals surface area contributed by atoms with Crippen molar-refractivity contribution in [2.24, 2.45) is 0 Å². The normalized spacial score (nSPS) is 12.3. The highest BCUT2D eigenvalue weighted by atomic mass is 19.1. The number of amides is 1. The highest BCUT2D eigenvalue weighted by Crippen LogP contribution is 2.26. The molecule has 7 heteroatoms. The molecule has 3 rings (SSSR count). The lowest BCUT2D eigenvalue weighted by Gasteiger charge is -2.14. The molecule has 1 unspecified atom stereocenters. The number of fused-ring (bicyclic) bond motifs is 1. The van der Waals surface area contributed by atoms with Gasteiger partial charge >= 0.3 is 6.09 Å². The van der Waals surface area contributed by atoms with Crippen molar-refractivity contribution >= 4 is 17.1 Å². The molecule has 0 spiro atoms. The second-order valence-corrected chi connectivity index (χ2v) is 5.09. The first kappa shape index (κ1) is 15.0. The second kappa shape index (κ2) is 5.68. The van der Waals surface area contributed by atoms with Crippen LogP contribution in [-0.4, -0.2) is 20.8 Å². The summed E-state index contributed by atoms with van der Waals surface area (Å²) in [6.45, 7) is 1.63. The smallest absolute Gasteiger partial charge is 0.405 e. The van der Waals surface area contributed by atoms with Crippen molar-refractivity contribution < 1.29 is 18.7 Å². The van der Waals surface area contributed by atoms with E-state index in [2.05, 4.69) is 10.3 Å². The van der Waals surface area contributed by atoms with Crippen LogP contribution >= 0.6 is 0 Å². The van der Waals surface area contributed by atoms with E-state index in [0.29, 0.717) is 22.5 Å². The zero-order valence-electron chi connectivity index (χ0n) is 12.1. The third-order valence-corrected chi connectivity index (χ3v) is 3.45. The molecule has 0 saturated heterocycles. The van der Waals surface area contributed by atoms with E-state index < -0.39 is 23.8 Å². The predicted molar refractivity (Wildman–Crippen MR) is 80.6 cm³/mol.